The first-order chi connectivity index (χ1) is 11.0. The highest BCUT2D eigenvalue weighted by molar-refractivity contribution is 5.99. The molecule has 6 nitrogen and oxygen atoms in total. The summed E-state index contributed by atoms with van der Waals surface area (Å²) in [6, 6.07) is 6.68. The van der Waals surface area contributed by atoms with Crippen molar-refractivity contribution < 1.29 is 19.8 Å². The fourth-order valence-corrected chi connectivity index (χ4v) is 4.18. The number of Topliss-reactive ketones (excluding diaryl/α,β-unsaturated/α-hetero) is 1. The van der Waals surface area contributed by atoms with Crippen molar-refractivity contribution in [1.29, 1.82) is 0 Å². The van der Waals surface area contributed by atoms with Gasteiger partial charge in [0, 0.05) is 24.2 Å². The zero-order valence-electron chi connectivity index (χ0n) is 13.1. The molecule has 0 saturated carbocycles. The molecule has 124 valence electrons. The van der Waals surface area contributed by atoms with Crippen molar-refractivity contribution in [3.63, 3.8) is 0 Å². The molecule has 2 saturated heterocycles. The van der Waals surface area contributed by atoms with E-state index in [-0.39, 0.29) is 17.9 Å². The summed E-state index contributed by atoms with van der Waals surface area (Å²) < 4.78 is 0. The number of nitrogens with two attached hydrogens (primary N) is 1. The van der Waals surface area contributed by atoms with E-state index in [1.165, 1.54) is 0 Å². The van der Waals surface area contributed by atoms with Gasteiger partial charge in [0.05, 0.1) is 17.9 Å². The van der Waals surface area contributed by atoms with Crippen LogP contribution in [0.2, 0.25) is 0 Å². The van der Waals surface area contributed by atoms with Gasteiger partial charge in [-0.15, -0.1) is 0 Å². The summed E-state index contributed by atoms with van der Waals surface area (Å²) in [5.41, 5.74) is 6.98. The van der Waals surface area contributed by atoms with Crippen LogP contribution < -0.4 is 5.73 Å². The normalized spacial score (nSPS) is 33.6. The van der Waals surface area contributed by atoms with Crippen LogP contribution in [0.5, 0.6) is 0 Å². The molecule has 4 N–H and O–H groups in total. The van der Waals surface area contributed by atoms with E-state index in [1.807, 2.05) is 11.9 Å². The van der Waals surface area contributed by atoms with Crippen LogP contribution in [0.25, 0.3) is 0 Å². The van der Waals surface area contributed by atoms with Gasteiger partial charge in [-0.05, 0) is 25.5 Å². The van der Waals surface area contributed by atoms with E-state index >= 15 is 0 Å². The molecule has 6 heteroatoms. The maximum atomic E-state index is 12.9. The number of fused-ring (bicyclic) bond motifs is 2. The van der Waals surface area contributed by atoms with Gasteiger partial charge in [-0.3, -0.25) is 14.5 Å². The lowest BCUT2D eigenvalue weighted by molar-refractivity contribution is -0.154. The Labute approximate surface area is 134 Å². The summed E-state index contributed by atoms with van der Waals surface area (Å²) in [4.78, 5) is 26.4. The van der Waals surface area contributed by atoms with Crippen LogP contribution >= 0.6 is 0 Å². The number of hydrogen-bond donors (Lipinski definition) is 3. The van der Waals surface area contributed by atoms with Crippen molar-refractivity contribution in [1.82, 2.24) is 4.90 Å². The van der Waals surface area contributed by atoms with Crippen molar-refractivity contribution in [3.05, 3.63) is 35.4 Å². The quantitative estimate of drug-likeness (QED) is 0.698. The number of carbonyl (C=O) groups excluding carboxylic acids is 1. The van der Waals surface area contributed by atoms with E-state index < -0.39 is 23.9 Å². The lowest BCUT2D eigenvalue weighted by Crippen LogP contribution is -2.59. The molecular formula is C17H22N2O4. The SMILES string of the molecule is CN1[C@@H]2CC[C@H]1C(C(=O)c1ccc(CN)cc1)[C@H](O)[C@@H]2C(=O)O. The van der Waals surface area contributed by atoms with Crippen LogP contribution in [0.4, 0.5) is 0 Å². The summed E-state index contributed by atoms with van der Waals surface area (Å²) in [5.74, 6) is -2.85. The molecule has 1 aromatic rings. The van der Waals surface area contributed by atoms with Crippen LogP contribution in [0.1, 0.15) is 28.8 Å². The molecule has 0 spiro atoms. The Morgan fingerprint density at radius 1 is 1.17 bits per heavy atom. The third kappa shape index (κ3) is 2.56. The van der Waals surface area contributed by atoms with Gasteiger partial charge in [0.15, 0.2) is 5.78 Å². The number of carboxylic acids is 1. The molecule has 2 bridgehead atoms. The van der Waals surface area contributed by atoms with E-state index in [4.69, 9.17) is 5.73 Å². The fourth-order valence-electron chi connectivity index (χ4n) is 4.18. The number of hydrogen-bond acceptors (Lipinski definition) is 5. The Bertz CT molecular complexity index is 616. The second-order valence-electron chi connectivity index (χ2n) is 6.52. The Kier molecular flexibility index (Phi) is 4.23. The first-order valence-electron chi connectivity index (χ1n) is 7.91. The van der Waals surface area contributed by atoms with E-state index in [2.05, 4.69) is 0 Å². The number of aliphatic carboxylic acids is 1. The molecule has 1 aromatic carbocycles. The predicted octanol–water partition coefficient (Wildman–Crippen LogP) is 0.482. The van der Waals surface area contributed by atoms with E-state index in [0.717, 1.165) is 12.0 Å². The third-order valence-corrected chi connectivity index (χ3v) is 5.43. The number of benzene rings is 1. The lowest BCUT2D eigenvalue weighted by Gasteiger charge is -2.43. The Morgan fingerprint density at radius 3 is 2.26 bits per heavy atom. The molecular weight excluding hydrogens is 296 g/mol. The van der Waals surface area contributed by atoms with Crippen LogP contribution in [-0.2, 0) is 11.3 Å². The molecule has 5 atom stereocenters. The average Bonchev–Trinajstić information content (AvgIpc) is 2.81. The molecule has 2 aliphatic rings. The zero-order chi connectivity index (χ0) is 16.7. The average molecular weight is 318 g/mol. The zero-order valence-corrected chi connectivity index (χ0v) is 13.1. The van der Waals surface area contributed by atoms with Crippen LogP contribution in [0, 0.1) is 11.8 Å². The number of piperidine rings is 1. The molecule has 0 amide bonds. The first kappa shape index (κ1) is 16.1. The fraction of sp³-hybridized carbons (Fsp3) is 0.529. The van der Waals surface area contributed by atoms with Gasteiger partial charge >= 0.3 is 5.97 Å². The van der Waals surface area contributed by atoms with Crippen molar-refractivity contribution in [2.24, 2.45) is 17.6 Å². The number of ketones is 1. The topological polar surface area (TPSA) is 104 Å². The van der Waals surface area contributed by atoms with Gasteiger partial charge in [-0.25, -0.2) is 0 Å². The lowest BCUT2D eigenvalue weighted by atomic mass is 9.76. The van der Waals surface area contributed by atoms with E-state index in [9.17, 15) is 19.8 Å². The van der Waals surface area contributed by atoms with Gasteiger partial charge in [-0.1, -0.05) is 24.3 Å². The minimum Gasteiger partial charge on any atom is -0.481 e. The van der Waals surface area contributed by atoms with Crippen LogP contribution in [0.3, 0.4) is 0 Å². The number of nitrogens with zero attached hydrogens (tertiary/aromatic N) is 1. The smallest absolute Gasteiger partial charge is 0.310 e. The Hall–Kier alpha value is -1.76. The van der Waals surface area contributed by atoms with Crippen molar-refractivity contribution in [2.75, 3.05) is 7.05 Å². The standard InChI is InChI=1S/C17H22N2O4/c1-19-11-6-7-12(19)14(17(22)23)16(21)13(11)15(20)10-4-2-9(8-18)3-5-10/h2-5,11-14,16,21H,6-8,18H2,1H3,(H,22,23)/t11-,12+,13?,14+,16-/m0/s1. The highest BCUT2D eigenvalue weighted by Gasteiger charge is 2.55. The molecule has 3 rings (SSSR count). The second-order valence-corrected chi connectivity index (χ2v) is 6.52. The van der Waals surface area contributed by atoms with Gasteiger partial charge in [0.2, 0.25) is 0 Å². The summed E-state index contributed by atoms with van der Waals surface area (Å²) in [6.07, 6.45) is 0.285. The highest BCUT2D eigenvalue weighted by Crippen LogP contribution is 2.43. The van der Waals surface area contributed by atoms with Crippen LogP contribution in [0.15, 0.2) is 24.3 Å². The third-order valence-electron chi connectivity index (χ3n) is 5.43. The van der Waals surface area contributed by atoms with Gasteiger partial charge in [0.1, 0.15) is 0 Å². The second kappa shape index (κ2) is 6.03. The number of aliphatic hydroxyl groups is 1. The largest absolute Gasteiger partial charge is 0.481 e. The minimum atomic E-state index is -1.15. The summed E-state index contributed by atoms with van der Waals surface area (Å²) >= 11 is 0. The molecule has 0 aromatic heterocycles. The van der Waals surface area contributed by atoms with Gasteiger partial charge < -0.3 is 15.9 Å². The summed E-state index contributed by atoms with van der Waals surface area (Å²) in [7, 11) is 1.85. The number of carboxylic acid groups (broad SMARTS) is 1. The predicted molar refractivity (Wildman–Crippen MR) is 83.9 cm³/mol. The van der Waals surface area contributed by atoms with Crippen molar-refractivity contribution >= 4 is 11.8 Å². The monoisotopic (exact) mass is 318 g/mol. The first-order valence-corrected chi connectivity index (χ1v) is 7.91. The van der Waals surface area contributed by atoms with E-state index in [1.54, 1.807) is 24.3 Å². The van der Waals surface area contributed by atoms with Crippen molar-refractivity contribution in [3.8, 4) is 0 Å². The molecule has 23 heavy (non-hydrogen) atoms. The van der Waals surface area contributed by atoms with E-state index in [0.29, 0.717) is 18.5 Å². The number of rotatable bonds is 4. The molecule has 0 radical (unpaired) electrons. The molecule has 2 heterocycles. The maximum absolute atomic E-state index is 12.9. The minimum absolute atomic E-state index is 0.104. The Morgan fingerprint density at radius 2 is 1.74 bits per heavy atom. The maximum Gasteiger partial charge on any atom is 0.310 e. The van der Waals surface area contributed by atoms with Gasteiger partial charge in [-0.2, -0.15) is 0 Å². The Balaban J connectivity index is 1.92. The summed E-state index contributed by atoms with van der Waals surface area (Å²) in [5, 5.41) is 20.1. The number of aliphatic hydroxyl groups excluding tert-OH is 1. The molecule has 2 aliphatic heterocycles. The molecule has 1 unspecified atom stereocenters. The van der Waals surface area contributed by atoms with Gasteiger partial charge in [0.25, 0.3) is 0 Å². The van der Waals surface area contributed by atoms with Crippen molar-refractivity contribution in [2.45, 2.75) is 37.6 Å². The summed E-state index contributed by atoms with van der Waals surface area (Å²) in [6.45, 7) is 0.397. The number of carbonyl (C=O) groups is 2. The highest BCUT2D eigenvalue weighted by atomic mass is 16.4. The molecule has 2 fully saturated rings. The van der Waals surface area contributed by atoms with Crippen LogP contribution in [-0.4, -0.2) is 52.1 Å². The molecule has 0 aliphatic carbocycles.